The topological polar surface area (TPSA) is 389 Å². The van der Waals surface area contributed by atoms with Crippen LogP contribution in [0.15, 0.2) is 104 Å². The number of nitrogens with one attached hydrogen (secondary N) is 10. The molecule has 0 fully saturated rings. The molecule has 2 aromatic heterocycles. The SMILES string of the molecule is CC(C)C[C@H](NC(=O)[C@H](Cc1cnc[nH]1)NC(=O)CNC(=O)[C@@H](NC(=O)[C@H](C)NC(=O)[C@H](Cc1c[nH]c2ccccc12)NC(=O)[C@H](CCC(N)=O)NC(=O)[C@H](N)Cc1ccccc1)C(C)C)C(=O)N[C@@H](CC(N)=O)Cc1ccccc1. The van der Waals surface area contributed by atoms with Gasteiger partial charge in [0, 0.05) is 60.7 Å². The van der Waals surface area contributed by atoms with Crippen molar-refractivity contribution in [3.8, 4) is 0 Å². The van der Waals surface area contributed by atoms with E-state index in [0.29, 0.717) is 17.7 Å². The molecule has 8 atom stereocenters. The monoisotopic (exact) mass is 1120 g/mol. The molecule has 81 heavy (non-hydrogen) atoms. The molecule has 434 valence electrons. The second-order valence-corrected chi connectivity index (χ2v) is 20.8. The highest BCUT2D eigenvalue weighted by atomic mass is 16.2. The molecule has 0 saturated heterocycles. The van der Waals surface area contributed by atoms with Gasteiger partial charge in [0.25, 0.3) is 0 Å². The fourth-order valence-electron chi connectivity index (χ4n) is 8.93. The first-order valence-corrected chi connectivity index (χ1v) is 26.9. The van der Waals surface area contributed by atoms with Crippen molar-refractivity contribution in [3.05, 3.63) is 126 Å². The molecule has 5 rings (SSSR count). The van der Waals surface area contributed by atoms with E-state index in [9.17, 15) is 47.9 Å². The minimum atomic E-state index is -1.36. The van der Waals surface area contributed by atoms with Gasteiger partial charge < -0.3 is 69.7 Å². The third-order valence-electron chi connectivity index (χ3n) is 13.2. The van der Waals surface area contributed by atoms with Gasteiger partial charge in [0.15, 0.2) is 0 Å². The van der Waals surface area contributed by atoms with Crippen LogP contribution < -0.4 is 59.7 Å². The quantitative estimate of drug-likeness (QED) is 0.0268. The number of nitrogens with zero attached hydrogens (tertiary/aromatic N) is 1. The number of H-pyrrole nitrogens is 2. The van der Waals surface area contributed by atoms with Crippen LogP contribution in [-0.4, -0.2) is 129 Å². The van der Waals surface area contributed by atoms with E-state index in [0.717, 1.165) is 22.0 Å². The van der Waals surface area contributed by atoms with Crippen molar-refractivity contribution in [2.45, 2.75) is 134 Å². The number of hydrogen-bond donors (Lipinski definition) is 13. The van der Waals surface area contributed by atoms with Crippen LogP contribution >= 0.6 is 0 Å². The predicted molar refractivity (Wildman–Crippen MR) is 301 cm³/mol. The number of para-hydroxylation sites is 1. The van der Waals surface area contributed by atoms with Gasteiger partial charge in [-0.15, -0.1) is 0 Å². The van der Waals surface area contributed by atoms with Crippen molar-refractivity contribution in [3.63, 3.8) is 0 Å². The Morgan fingerprint density at radius 2 is 1.14 bits per heavy atom. The van der Waals surface area contributed by atoms with Crippen LogP contribution in [0, 0.1) is 11.8 Å². The molecule has 0 aliphatic rings. The average molecular weight is 1120 g/mol. The number of carbonyl (C=O) groups excluding carboxylic acids is 10. The molecule has 0 aliphatic carbocycles. The zero-order valence-electron chi connectivity index (χ0n) is 46.2. The largest absolute Gasteiger partial charge is 0.370 e. The van der Waals surface area contributed by atoms with Gasteiger partial charge >= 0.3 is 0 Å². The van der Waals surface area contributed by atoms with Crippen molar-refractivity contribution in [1.82, 2.24) is 57.5 Å². The third-order valence-corrected chi connectivity index (χ3v) is 13.2. The first-order chi connectivity index (χ1) is 38.6. The Morgan fingerprint density at radius 1 is 0.556 bits per heavy atom. The minimum absolute atomic E-state index is 0.0761. The minimum Gasteiger partial charge on any atom is -0.370 e. The molecule has 24 heteroatoms. The standard InChI is InChI=1S/C57H76N14O10/c1-32(2)22-44(55(79)66-38(27-48(60)73)23-35-14-8-6-9-15-35)69-56(80)46(26-39-29-61-31-64-39)67-49(74)30-63-57(81)50(33(3)4)71-51(75)34(5)65-54(78)45(25-37-28-62-42-19-13-12-18-40(37)42)70-53(77)43(20-21-47(59)72)68-52(76)41(58)24-36-16-10-7-11-17-36/h6-19,28-29,31-34,38,41,43-46,50,62H,20-27,30,58H2,1-5H3,(H2,59,72)(H2,60,73)(H,61,64)(H,63,81)(H,65,78)(H,66,79)(H,67,74)(H,68,76)(H,69,80)(H,70,77)(H,71,75)/t34-,38+,41+,43-,44-,45-,46-,50-/m0/s1. The van der Waals surface area contributed by atoms with Crippen molar-refractivity contribution in [2.24, 2.45) is 29.0 Å². The van der Waals surface area contributed by atoms with E-state index in [-0.39, 0.29) is 50.9 Å². The lowest BCUT2D eigenvalue weighted by atomic mass is 9.99. The molecule has 0 bridgehead atoms. The van der Waals surface area contributed by atoms with Crippen LogP contribution in [0.25, 0.3) is 10.9 Å². The Hall–Kier alpha value is -8.93. The van der Waals surface area contributed by atoms with Gasteiger partial charge in [-0.05, 0) is 67.2 Å². The molecule has 0 radical (unpaired) electrons. The highest BCUT2D eigenvalue weighted by Gasteiger charge is 2.34. The maximum atomic E-state index is 14.2. The molecule has 3 aromatic carbocycles. The summed E-state index contributed by atoms with van der Waals surface area (Å²) in [7, 11) is 0. The second kappa shape index (κ2) is 31.0. The number of aromatic nitrogens is 3. The first-order valence-electron chi connectivity index (χ1n) is 26.9. The summed E-state index contributed by atoms with van der Waals surface area (Å²) in [6, 6.07) is 16.1. The summed E-state index contributed by atoms with van der Waals surface area (Å²) in [5.41, 5.74) is 20.7. The molecular formula is C57H76N14O10. The lowest BCUT2D eigenvalue weighted by Gasteiger charge is -2.27. The summed E-state index contributed by atoms with van der Waals surface area (Å²) in [6.45, 7) is 7.75. The Bertz CT molecular complexity index is 2930. The smallest absolute Gasteiger partial charge is 0.243 e. The Morgan fingerprint density at radius 3 is 1.75 bits per heavy atom. The summed E-state index contributed by atoms with van der Waals surface area (Å²) in [5.74, 6) is -7.95. The number of amides is 10. The zero-order chi connectivity index (χ0) is 59.2. The Balaban J connectivity index is 1.24. The number of rotatable bonds is 32. The molecule has 2 heterocycles. The summed E-state index contributed by atoms with van der Waals surface area (Å²) < 4.78 is 0. The van der Waals surface area contributed by atoms with Gasteiger partial charge in [0.1, 0.15) is 36.3 Å². The molecule has 0 saturated carbocycles. The van der Waals surface area contributed by atoms with Crippen molar-refractivity contribution < 1.29 is 47.9 Å². The number of primary amides is 2. The number of imidazole rings is 1. The van der Waals surface area contributed by atoms with Crippen LogP contribution in [0.2, 0.25) is 0 Å². The number of hydrogen-bond acceptors (Lipinski definition) is 12. The maximum Gasteiger partial charge on any atom is 0.243 e. The van der Waals surface area contributed by atoms with Gasteiger partial charge in [-0.1, -0.05) is 107 Å². The number of carbonyl (C=O) groups is 10. The summed E-state index contributed by atoms with van der Waals surface area (Å²) in [6.07, 6.45) is 4.33. The molecule has 5 aromatic rings. The van der Waals surface area contributed by atoms with Gasteiger partial charge in [-0.3, -0.25) is 47.9 Å². The van der Waals surface area contributed by atoms with E-state index in [2.05, 4.69) is 57.5 Å². The van der Waals surface area contributed by atoms with E-state index in [1.54, 1.807) is 50.4 Å². The van der Waals surface area contributed by atoms with E-state index < -0.39 is 120 Å². The molecule has 10 amide bonds. The van der Waals surface area contributed by atoms with Crippen LogP contribution in [0.1, 0.15) is 82.7 Å². The van der Waals surface area contributed by atoms with Gasteiger partial charge in [-0.2, -0.15) is 0 Å². The van der Waals surface area contributed by atoms with E-state index >= 15 is 0 Å². The number of aromatic amines is 2. The first kappa shape index (κ1) is 62.9. The summed E-state index contributed by atoms with van der Waals surface area (Å²) in [5, 5.41) is 22.1. The third kappa shape index (κ3) is 20.7. The normalized spacial score (nSPS) is 14.2. The van der Waals surface area contributed by atoms with Gasteiger partial charge in [-0.25, -0.2) is 4.98 Å². The number of fused-ring (bicyclic) bond motifs is 1. The van der Waals surface area contributed by atoms with E-state index in [4.69, 9.17) is 17.2 Å². The highest BCUT2D eigenvalue weighted by Crippen LogP contribution is 2.20. The highest BCUT2D eigenvalue weighted by molar-refractivity contribution is 5.98. The van der Waals surface area contributed by atoms with Crippen molar-refractivity contribution in [2.75, 3.05) is 6.54 Å². The second-order valence-electron chi connectivity index (χ2n) is 20.8. The zero-order valence-corrected chi connectivity index (χ0v) is 46.2. The van der Waals surface area contributed by atoms with Crippen LogP contribution in [0.3, 0.4) is 0 Å². The van der Waals surface area contributed by atoms with E-state index in [1.807, 2.05) is 68.4 Å². The lowest BCUT2D eigenvalue weighted by Crippen LogP contribution is -2.59. The van der Waals surface area contributed by atoms with Gasteiger partial charge in [0.05, 0.1) is 18.9 Å². The number of benzene rings is 3. The van der Waals surface area contributed by atoms with Crippen LogP contribution in [0.5, 0.6) is 0 Å². The number of nitrogens with two attached hydrogens (primary N) is 3. The Labute approximate surface area is 469 Å². The summed E-state index contributed by atoms with van der Waals surface area (Å²) >= 11 is 0. The molecule has 24 nitrogen and oxygen atoms in total. The van der Waals surface area contributed by atoms with Crippen molar-refractivity contribution >= 4 is 70.0 Å². The van der Waals surface area contributed by atoms with E-state index in [1.165, 1.54) is 19.4 Å². The molecule has 0 spiro atoms. The molecular weight excluding hydrogens is 1040 g/mol. The molecule has 0 aliphatic heterocycles. The fourth-order valence-corrected chi connectivity index (χ4v) is 8.93. The maximum absolute atomic E-state index is 14.2. The summed E-state index contributed by atoms with van der Waals surface area (Å²) in [4.78, 5) is 145. The Kier molecular flexibility index (Phi) is 24.1. The fraction of sp³-hybridized carbons (Fsp3) is 0.421. The van der Waals surface area contributed by atoms with Gasteiger partial charge in [0.2, 0.25) is 59.1 Å². The average Bonchev–Trinajstić information content (AvgIpc) is 4.10. The van der Waals surface area contributed by atoms with Crippen LogP contribution in [0.4, 0.5) is 0 Å². The lowest BCUT2D eigenvalue weighted by molar-refractivity contribution is -0.135. The van der Waals surface area contributed by atoms with Crippen molar-refractivity contribution in [1.29, 1.82) is 0 Å². The predicted octanol–water partition coefficient (Wildman–Crippen LogP) is -0.138. The molecule has 16 N–H and O–H groups in total. The van der Waals surface area contributed by atoms with Crippen LogP contribution in [-0.2, 0) is 73.6 Å². The molecule has 0 unspecified atom stereocenters.